The molecule has 0 radical (unpaired) electrons. The zero-order valence-corrected chi connectivity index (χ0v) is 10.2. The summed E-state index contributed by atoms with van der Waals surface area (Å²) in [6.45, 7) is 3.05. The third kappa shape index (κ3) is 2.12. The normalized spacial score (nSPS) is 9.94. The minimum Gasteiger partial charge on any atom is -0.465 e. The number of carbonyl (C=O) groups excluding carboxylic acids is 3. The van der Waals surface area contributed by atoms with E-state index in [-0.39, 0.29) is 11.1 Å². The van der Waals surface area contributed by atoms with Crippen molar-refractivity contribution >= 4 is 17.9 Å². The second kappa shape index (κ2) is 4.78. The van der Waals surface area contributed by atoms with Crippen LogP contribution < -0.4 is 16.9 Å². The summed E-state index contributed by atoms with van der Waals surface area (Å²) in [5, 5.41) is 0. The Bertz CT molecular complexity index is 532. The summed E-state index contributed by atoms with van der Waals surface area (Å²) in [6, 6.07) is -0.830. The molecule has 1 aromatic rings. The molecule has 8 heteroatoms. The van der Waals surface area contributed by atoms with Gasteiger partial charge in [-0.25, -0.2) is 15.0 Å². The number of primary amides is 2. The predicted molar refractivity (Wildman–Crippen MR) is 62.7 cm³/mol. The van der Waals surface area contributed by atoms with Crippen LogP contribution in [-0.2, 0) is 4.74 Å². The van der Waals surface area contributed by atoms with Gasteiger partial charge >= 0.3 is 12.0 Å². The molecular formula is C10H14N4O4. The van der Waals surface area contributed by atoms with Gasteiger partial charge in [-0.05, 0) is 13.8 Å². The van der Waals surface area contributed by atoms with Gasteiger partial charge in [-0.15, -0.1) is 0 Å². The fraction of sp³-hybridized carbons (Fsp3) is 0.300. The molecule has 0 fully saturated rings. The van der Waals surface area contributed by atoms with Gasteiger partial charge in [-0.2, -0.15) is 0 Å². The van der Waals surface area contributed by atoms with E-state index in [9.17, 15) is 14.4 Å². The van der Waals surface area contributed by atoms with Crippen LogP contribution in [-0.4, -0.2) is 29.7 Å². The van der Waals surface area contributed by atoms with Crippen LogP contribution in [0.5, 0.6) is 0 Å². The zero-order chi connectivity index (χ0) is 14.0. The van der Waals surface area contributed by atoms with E-state index in [0.29, 0.717) is 11.4 Å². The Morgan fingerprint density at radius 1 is 1.11 bits per heavy atom. The molecular weight excluding hydrogens is 240 g/mol. The number of nitrogens with zero attached hydrogens (tertiary/aromatic N) is 1. The first-order chi connectivity index (χ1) is 8.31. The molecule has 0 unspecified atom stereocenters. The summed E-state index contributed by atoms with van der Waals surface area (Å²) >= 11 is 0. The third-order valence-corrected chi connectivity index (χ3v) is 2.50. The Kier molecular flexibility index (Phi) is 3.60. The minimum absolute atomic E-state index is 0.00639. The second-order valence-electron chi connectivity index (χ2n) is 3.59. The van der Waals surface area contributed by atoms with E-state index >= 15 is 0 Å². The van der Waals surface area contributed by atoms with E-state index in [2.05, 4.69) is 10.2 Å². The van der Waals surface area contributed by atoms with Crippen molar-refractivity contribution in [2.45, 2.75) is 13.8 Å². The van der Waals surface area contributed by atoms with Crippen LogP contribution in [0.25, 0.3) is 0 Å². The molecule has 1 heterocycles. The van der Waals surface area contributed by atoms with Crippen LogP contribution in [0.1, 0.15) is 32.1 Å². The van der Waals surface area contributed by atoms with Crippen molar-refractivity contribution in [2.24, 2.45) is 11.5 Å². The maximum atomic E-state index is 11.6. The largest absolute Gasteiger partial charge is 0.465 e. The van der Waals surface area contributed by atoms with Gasteiger partial charge in [0.15, 0.2) is 0 Å². The number of amides is 3. The Hall–Kier alpha value is -2.51. The highest BCUT2D eigenvalue weighted by atomic mass is 16.5. The smallest absolute Gasteiger partial charge is 0.340 e. The molecule has 0 spiro atoms. The molecule has 3 amide bonds. The van der Waals surface area contributed by atoms with Gasteiger partial charge < -0.3 is 16.2 Å². The lowest BCUT2D eigenvalue weighted by atomic mass is 10.1. The van der Waals surface area contributed by atoms with E-state index in [1.807, 2.05) is 0 Å². The van der Waals surface area contributed by atoms with Crippen molar-refractivity contribution in [1.29, 1.82) is 0 Å². The number of ether oxygens (including phenoxy) is 1. The summed E-state index contributed by atoms with van der Waals surface area (Å²) in [5.41, 5.74) is 13.1. The zero-order valence-electron chi connectivity index (χ0n) is 10.2. The Morgan fingerprint density at radius 2 is 1.61 bits per heavy atom. The monoisotopic (exact) mass is 254 g/mol. The third-order valence-electron chi connectivity index (χ3n) is 2.50. The highest BCUT2D eigenvalue weighted by Gasteiger charge is 2.27. The van der Waals surface area contributed by atoms with Crippen LogP contribution in [0.4, 0.5) is 4.79 Å². The van der Waals surface area contributed by atoms with Crippen molar-refractivity contribution in [1.82, 2.24) is 4.68 Å². The number of nitrogens with one attached hydrogen (secondary N) is 1. The molecule has 18 heavy (non-hydrogen) atoms. The van der Waals surface area contributed by atoms with Gasteiger partial charge in [-0.3, -0.25) is 9.47 Å². The maximum absolute atomic E-state index is 11.6. The molecule has 8 nitrogen and oxygen atoms in total. The highest BCUT2D eigenvalue weighted by molar-refractivity contribution is 6.07. The Balaban J connectivity index is 3.54. The first-order valence-corrected chi connectivity index (χ1v) is 4.97. The van der Waals surface area contributed by atoms with Gasteiger partial charge in [0.25, 0.3) is 5.91 Å². The van der Waals surface area contributed by atoms with E-state index in [0.717, 1.165) is 0 Å². The number of hydrogen-bond acceptors (Lipinski definition) is 4. The standard InChI is InChI=1S/C10H14N4O4/c1-4-6(8(11)15)7(9(16)18-3)5(2)14(4)13-10(12)17/h1-3H3,(H2,11,15)(H3,12,13,17). The number of aromatic nitrogens is 1. The average molecular weight is 254 g/mol. The number of hydrogen-bond donors (Lipinski definition) is 3. The molecule has 1 aromatic heterocycles. The molecule has 0 aliphatic carbocycles. The fourth-order valence-electron chi connectivity index (χ4n) is 1.77. The summed E-state index contributed by atoms with van der Waals surface area (Å²) in [5.74, 6) is -1.50. The van der Waals surface area contributed by atoms with Crippen molar-refractivity contribution < 1.29 is 19.1 Å². The number of esters is 1. The van der Waals surface area contributed by atoms with Crippen molar-refractivity contribution in [3.63, 3.8) is 0 Å². The Labute approximate surface area is 103 Å². The van der Waals surface area contributed by atoms with E-state index in [1.54, 1.807) is 0 Å². The Morgan fingerprint density at radius 3 is 2.00 bits per heavy atom. The lowest BCUT2D eigenvalue weighted by Crippen LogP contribution is -2.30. The van der Waals surface area contributed by atoms with E-state index in [4.69, 9.17) is 11.5 Å². The van der Waals surface area contributed by atoms with Gasteiger partial charge in [0.1, 0.15) is 0 Å². The summed E-state index contributed by atoms with van der Waals surface area (Å²) in [4.78, 5) is 33.9. The van der Waals surface area contributed by atoms with Crippen molar-refractivity contribution in [3.8, 4) is 0 Å². The number of rotatable bonds is 3. The molecule has 0 saturated carbocycles. The number of urea groups is 1. The topological polar surface area (TPSA) is 129 Å². The first-order valence-electron chi connectivity index (χ1n) is 4.97. The average Bonchev–Trinajstić information content (AvgIpc) is 2.52. The van der Waals surface area contributed by atoms with Crippen molar-refractivity contribution in [2.75, 3.05) is 12.5 Å². The molecule has 0 saturated heterocycles. The molecule has 1 rings (SSSR count). The van der Waals surface area contributed by atoms with Crippen LogP contribution in [0.15, 0.2) is 0 Å². The molecule has 98 valence electrons. The predicted octanol–water partition coefficient (Wildman–Crippen LogP) is -0.387. The van der Waals surface area contributed by atoms with Gasteiger partial charge in [-0.1, -0.05) is 0 Å². The highest BCUT2D eigenvalue weighted by Crippen LogP contribution is 2.21. The quantitative estimate of drug-likeness (QED) is 0.634. The van der Waals surface area contributed by atoms with Gasteiger partial charge in [0, 0.05) is 0 Å². The number of nitrogens with two attached hydrogens (primary N) is 2. The molecule has 5 N–H and O–H groups in total. The van der Waals surface area contributed by atoms with E-state index < -0.39 is 17.9 Å². The molecule has 0 aliphatic heterocycles. The van der Waals surface area contributed by atoms with Crippen LogP contribution in [0.2, 0.25) is 0 Å². The van der Waals surface area contributed by atoms with Crippen LogP contribution in [0, 0.1) is 13.8 Å². The summed E-state index contributed by atoms with van der Waals surface area (Å²) in [6.07, 6.45) is 0. The first kappa shape index (κ1) is 13.6. The van der Waals surface area contributed by atoms with Gasteiger partial charge in [0.2, 0.25) is 0 Å². The maximum Gasteiger partial charge on any atom is 0.340 e. The number of carbonyl (C=O) groups is 3. The van der Waals surface area contributed by atoms with E-state index in [1.165, 1.54) is 25.6 Å². The number of methoxy groups -OCH3 is 1. The van der Waals surface area contributed by atoms with Crippen LogP contribution in [0.3, 0.4) is 0 Å². The molecule has 0 atom stereocenters. The molecule has 0 bridgehead atoms. The summed E-state index contributed by atoms with van der Waals surface area (Å²) in [7, 11) is 1.18. The summed E-state index contributed by atoms with van der Waals surface area (Å²) < 4.78 is 5.79. The minimum atomic E-state index is -0.830. The fourth-order valence-corrected chi connectivity index (χ4v) is 1.77. The van der Waals surface area contributed by atoms with Crippen molar-refractivity contribution in [3.05, 3.63) is 22.5 Å². The lowest BCUT2D eigenvalue weighted by molar-refractivity contribution is 0.0596. The molecule has 0 aliphatic rings. The van der Waals surface area contributed by atoms with Gasteiger partial charge in [0.05, 0.1) is 29.6 Å². The van der Waals surface area contributed by atoms with Crippen LogP contribution >= 0.6 is 0 Å². The lowest BCUT2D eigenvalue weighted by Gasteiger charge is -2.08. The second-order valence-corrected chi connectivity index (χ2v) is 3.59. The molecule has 0 aromatic carbocycles. The SMILES string of the molecule is COC(=O)c1c(C(N)=O)c(C)n(NC(N)=O)c1C.